The van der Waals surface area contributed by atoms with Crippen LogP contribution in [0.3, 0.4) is 0 Å². The van der Waals surface area contributed by atoms with E-state index in [9.17, 15) is 8.78 Å². The molecule has 0 atom stereocenters. The van der Waals surface area contributed by atoms with Crippen molar-refractivity contribution >= 4 is 34.0 Å². The van der Waals surface area contributed by atoms with E-state index in [1.807, 2.05) is 22.6 Å². The fourth-order valence-electron chi connectivity index (χ4n) is 1.85. The smallest absolute Gasteiger partial charge is 0.138 e. The first-order valence-electron chi connectivity index (χ1n) is 5.68. The topological polar surface area (TPSA) is 29.3 Å². The molecule has 0 aromatic heterocycles. The summed E-state index contributed by atoms with van der Waals surface area (Å²) in [5.74, 6) is -0.607. The molecule has 0 spiro atoms. The van der Waals surface area contributed by atoms with Gasteiger partial charge in [0.1, 0.15) is 11.6 Å². The van der Waals surface area contributed by atoms with Crippen LogP contribution in [0.5, 0.6) is 0 Å². The second-order valence-electron chi connectivity index (χ2n) is 4.27. The minimum absolute atomic E-state index is 0.279. The predicted octanol–water partition coefficient (Wildman–Crippen LogP) is 3.79. The van der Waals surface area contributed by atoms with Gasteiger partial charge in [-0.25, -0.2) is 8.78 Å². The van der Waals surface area contributed by atoms with E-state index < -0.39 is 0 Å². The lowest BCUT2D eigenvalue weighted by atomic mass is 10.2. The molecule has 0 saturated carbocycles. The fourth-order valence-corrected chi connectivity index (χ4v) is 2.34. The first kappa shape index (κ1) is 14.0. The van der Waals surface area contributed by atoms with Crippen molar-refractivity contribution in [3.05, 3.63) is 57.2 Å². The van der Waals surface area contributed by atoms with Crippen LogP contribution >= 0.6 is 22.6 Å². The van der Waals surface area contributed by atoms with Crippen molar-refractivity contribution in [2.24, 2.45) is 0 Å². The first-order chi connectivity index (χ1) is 8.99. The number of hydrogen-bond donors (Lipinski definition) is 1. The summed E-state index contributed by atoms with van der Waals surface area (Å²) in [6, 6.07) is 9.45. The Morgan fingerprint density at radius 1 is 1.16 bits per heavy atom. The van der Waals surface area contributed by atoms with E-state index in [4.69, 9.17) is 5.73 Å². The number of anilines is 2. The van der Waals surface area contributed by atoms with E-state index in [1.54, 1.807) is 36.2 Å². The number of nitrogens with two attached hydrogens (primary N) is 1. The molecule has 2 nitrogen and oxygen atoms in total. The van der Waals surface area contributed by atoms with Gasteiger partial charge in [-0.3, -0.25) is 0 Å². The van der Waals surface area contributed by atoms with Crippen molar-refractivity contribution in [1.82, 2.24) is 0 Å². The highest BCUT2D eigenvalue weighted by molar-refractivity contribution is 14.1. The number of benzene rings is 2. The molecule has 0 fully saturated rings. The van der Waals surface area contributed by atoms with Crippen molar-refractivity contribution in [3.63, 3.8) is 0 Å². The van der Waals surface area contributed by atoms with Crippen LogP contribution in [0.4, 0.5) is 20.2 Å². The zero-order valence-electron chi connectivity index (χ0n) is 10.3. The summed E-state index contributed by atoms with van der Waals surface area (Å²) >= 11 is 1.89. The van der Waals surface area contributed by atoms with Crippen LogP contribution < -0.4 is 10.6 Å². The molecule has 0 bridgehead atoms. The lowest BCUT2D eigenvalue weighted by molar-refractivity contribution is 0.606. The molecule has 0 heterocycles. The van der Waals surface area contributed by atoms with Crippen LogP contribution in [-0.2, 0) is 6.54 Å². The van der Waals surface area contributed by atoms with Gasteiger partial charge in [0, 0.05) is 25.2 Å². The Morgan fingerprint density at radius 3 is 2.53 bits per heavy atom. The molecule has 0 aliphatic carbocycles. The van der Waals surface area contributed by atoms with E-state index >= 15 is 0 Å². The summed E-state index contributed by atoms with van der Waals surface area (Å²) in [6.45, 7) is 0.330. The van der Waals surface area contributed by atoms with Gasteiger partial charge in [0.15, 0.2) is 0 Å². The summed E-state index contributed by atoms with van der Waals surface area (Å²) in [4.78, 5) is 1.73. The second-order valence-corrected chi connectivity index (χ2v) is 5.43. The van der Waals surface area contributed by atoms with E-state index in [1.165, 1.54) is 12.1 Å². The van der Waals surface area contributed by atoms with Crippen molar-refractivity contribution < 1.29 is 8.78 Å². The molecular weight excluding hydrogens is 361 g/mol. The van der Waals surface area contributed by atoms with Crippen molar-refractivity contribution in [3.8, 4) is 0 Å². The quantitative estimate of drug-likeness (QED) is 0.655. The summed E-state index contributed by atoms with van der Waals surface area (Å²) in [6.07, 6.45) is 0. The SMILES string of the molecule is CN(Cc1ccccc1F)c1cc(F)c(I)cc1N. The van der Waals surface area contributed by atoms with Gasteiger partial charge in [0.2, 0.25) is 0 Å². The number of rotatable bonds is 3. The van der Waals surface area contributed by atoms with Gasteiger partial charge in [-0.2, -0.15) is 0 Å². The van der Waals surface area contributed by atoms with Crippen LogP contribution in [-0.4, -0.2) is 7.05 Å². The first-order valence-corrected chi connectivity index (χ1v) is 6.76. The maximum atomic E-state index is 13.6. The third-order valence-electron chi connectivity index (χ3n) is 2.85. The van der Waals surface area contributed by atoms with Crippen molar-refractivity contribution in [2.45, 2.75) is 6.54 Å². The highest BCUT2D eigenvalue weighted by Gasteiger charge is 2.11. The maximum absolute atomic E-state index is 13.6. The number of halogens is 3. The Hall–Kier alpha value is -1.37. The molecular formula is C14H13F2IN2. The second kappa shape index (κ2) is 5.73. The number of hydrogen-bond acceptors (Lipinski definition) is 2. The van der Waals surface area contributed by atoms with Gasteiger partial charge >= 0.3 is 0 Å². The molecule has 2 aromatic rings. The minimum atomic E-state index is -0.329. The molecule has 0 aliphatic heterocycles. The van der Waals surface area contributed by atoms with Gasteiger partial charge in [0.25, 0.3) is 0 Å². The zero-order valence-corrected chi connectivity index (χ0v) is 12.5. The largest absolute Gasteiger partial charge is 0.397 e. The van der Waals surface area contributed by atoms with E-state index in [0.29, 0.717) is 27.1 Å². The molecule has 0 radical (unpaired) electrons. The summed E-state index contributed by atoms with van der Waals surface area (Å²) in [5, 5.41) is 0. The molecule has 19 heavy (non-hydrogen) atoms. The molecule has 0 amide bonds. The van der Waals surface area contributed by atoms with Gasteiger partial charge in [-0.15, -0.1) is 0 Å². The van der Waals surface area contributed by atoms with Crippen LogP contribution in [0.2, 0.25) is 0 Å². The van der Waals surface area contributed by atoms with Crippen LogP contribution in [0.25, 0.3) is 0 Å². The normalized spacial score (nSPS) is 10.5. The van der Waals surface area contributed by atoms with E-state index in [-0.39, 0.29) is 11.6 Å². The third kappa shape index (κ3) is 3.15. The molecule has 5 heteroatoms. The molecule has 100 valence electrons. The average Bonchev–Trinajstić information content (AvgIpc) is 2.36. The number of nitrogens with zero attached hydrogens (tertiary/aromatic N) is 1. The van der Waals surface area contributed by atoms with Crippen molar-refractivity contribution in [2.75, 3.05) is 17.7 Å². The number of nitrogen functional groups attached to an aromatic ring is 1. The third-order valence-corrected chi connectivity index (χ3v) is 3.67. The van der Waals surface area contributed by atoms with Gasteiger partial charge in [-0.1, -0.05) is 18.2 Å². The van der Waals surface area contributed by atoms with Crippen LogP contribution in [0.15, 0.2) is 36.4 Å². The Bertz CT molecular complexity index is 602. The average molecular weight is 374 g/mol. The summed E-state index contributed by atoms with van der Waals surface area (Å²) in [5.41, 5.74) is 7.45. The Kier molecular flexibility index (Phi) is 4.24. The lowest BCUT2D eigenvalue weighted by Crippen LogP contribution is -2.19. The lowest BCUT2D eigenvalue weighted by Gasteiger charge is -2.22. The maximum Gasteiger partial charge on any atom is 0.138 e. The molecule has 0 saturated heterocycles. The Balaban J connectivity index is 2.28. The monoisotopic (exact) mass is 374 g/mol. The highest BCUT2D eigenvalue weighted by atomic mass is 127. The standard InChI is InChI=1S/C14H13F2IN2/c1-19(8-9-4-2-3-5-10(9)15)14-6-11(16)12(17)7-13(14)18/h2-7H,8,18H2,1H3. The molecule has 2 rings (SSSR count). The minimum Gasteiger partial charge on any atom is -0.397 e. The fraction of sp³-hybridized carbons (Fsp3) is 0.143. The predicted molar refractivity (Wildman–Crippen MR) is 82.0 cm³/mol. The van der Waals surface area contributed by atoms with Crippen LogP contribution in [0, 0.1) is 15.2 Å². The summed E-state index contributed by atoms with van der Waals surface area (Å²) < 4.78 is 27.6. The highest BCUT2D eigenvalue weighted by Crippen LogP contribution is 2.28. The zero-order chi connectivity index (χ0) is 14.0. The molecule has 0 aliphatic rings. The summed E-state index contributed by atoms with van der Waals surface area (Å²) in [7, 11) is 1.75. The Morgan fingerprint density at radius 2 is 1.84 bits per heavy atom. The van der Waals surface area contributed by atoms with Crippen molar-refractivity contribution in [1.29, 1.82) is 0 Å². The van der Waals surface area contributed by atoms with Gasteiger partial charge in [0.05, 0.1) is 14.9 Å². The van der Waals surface area contributed by atoms with Gasteiger partial charge in [-0.05, 0) is 34.7 Å². The van der Waals surface area contributed by atoms with Crippen LogP contribution in [0.1, 0.15) is 5.56 Å². The van der Waals surface area contributed by atoms with E-state index in [0.717, 1.165) is 0 Å². The molecule has 2 aromatic carbocycles. The molecule has 2 N–H and O–H groups in total. The Labute approximate surface area is 124 Å². The molecule has 0 unspecified atom stereocenters. The van der Waals surface area contributed by atoms with E-state index in [2.05, 4.69) is 0 Å². The van der Waals surface area contributed by atoms with Gasteiger partial charge < -0.3 is 10.6 Å².